The SMILES string of the molecule is COc1cc(-c2c3nc(c(-c4ccc(O)c(OC)c4)c4ccc([nH]4)c(C4C=Cc5c(-n6cccc6)ccc6cccc4c56)c4nc(c(-c5ccc(O)c(OC)c5)c5ccc2[nH]5)C=C4)C=C3)ccc1O. The third-order valence-corrected chi connectivity index (χ3v) is 13.3. The fraction of sp³-hybridized carbons (Fsp3) is 0.0690. The number of aromatic nitrogens is 5. The van der Waals surface area contributed by atoms with E-state index in [1.165, 1.54) is 26.7 Å². The maximum Gasteiger partial charge on any atom is 0.161 e. The molecule has 9 aromatic rings. The van der Waals surface area contributed by atoms with Crippen LogP contribution in [0.25, 0.3) is 102 Å². The molecule has 0 fully saturated rings. The topological polar surface area (TPSA) is 151 Å². The molecule has 5 aromatic carbocycles. The summed E-state index contributed by atoms with van der Waals surface area (Å²) in [5.74, 6) is 0.778. The smallest absolute Gasteiger partial charge is 0.161 e. The Hall–Kier alpha value is -9.22. The lowest BCUT2D eigenvalue weighted by Gasteiger charge is -2.24. The number of nitrogens with zero attached hydrogens (tertiary/aromatic N) is 3. The van der Waals surface area contributed by atoms with Crippen LogP contribution in [0, 0.1) is 0 Å². The van der Waals surface area contributed by atoms with Crippen molar-refractivity contribution in [1.29, 1.82) is 0 Å². The quantitative estimate of drug-likeness (QED) is 0.101. The fourth-order valence-electron chi connectivity index (χ4n) is 10.1. The number of H-pyrrole nitrogens is 2. The number of ether oxygens (including phenoxy) is 3. The van der Waals surface area contributed by atoms with Crippen LogP contribution in [0.5, 0.6) is 34.5 Å². The van der Waals surface area contributed by atoms with Crippen molar-refractivity contribution in [2.45, 2.75) is 5.92 Å². The van der Waals surface area contributed by atoms with Gasteiger partial charge < -0.3 is 44.1 Å². The van der Waals surface area contributed by atoms with Gasteiger partial charge in [0.05, 0.1) is 49.8 Å². The molecule has 11 nitrogen and oxygen atoms in total. The van der Waals surface area contributed by atoms with E-state index in [1.54, 1.807) is 24.3 Å². The molecule has 11 heteroatoms. The minimum atomic E-state index is -0.233. The summed E-state index contributed by atoms with van der Waals surface area (Å²) < 4.78 is 19.1. The Balaban J connectivity index is 1.22. The van der Waals surface area contributed by atoms with Crippen LogP contribution in [0.3, 0.4) is 0 Å². The van der Waals surface area contributed by atoms with Crippen molar-refractivity contribution >= 4 is 63.2 Å². The predicted octanol–water partition coefficient (Wildman–Crippen LogP) is 12.9. The molecule has 1 atom stereocenters. The van der Waals surface area contributed by atoms with Gasteiger partial charge in [-0.3, -0.25) is 0 Å². The second-order valence-corrected chi connectivity index (χ2v) is 17.1. The van der Waals surface area contributed by atoms with Crippen molar-refractivity contribution in [2.24, 2.45) is 0 Å². The third-order valence-electron chi connectivity index (χ3n) is 13.3. The minimum absolute atomic E-state index is 0.00952. The highest BCUT2D eigenvalue weighted by Gasteiger charge is 2.27. The molecular formula is C58H43N5O6. The molecule has 8 bridgehead atoms. The second-order valence-electron chi connectivity index (χ2n) is 17.1. The first-order valence-electron chi connectivity index (χ1n) is 22.4. The average molecular weight is 906 g/mol. The lowest BCUT2D eigenvalue weighted by molar-refractivity contribution is 0.373. The Bertz CT molecular complexity index is 3810. The lowest BCUT2D eigenvalue weighted by Crippen LogP contribution is -2.07. The summed E-state index contributed by atoms with van der Waals surface area (Å²) in [6.45, 7) is 0. The normalized spacial score (nSPS) is 13.6. The highest BCUT2D eigenvalue weighted by atomic mass is 16.5. The highest BCUT2D eigenvalue weighted by Crippen LogP contribution is 2.46. The average Bonchev–Trinajstić information content (AvgIpc) is 4.25. The van der Waals surface area contributed by atoms with Gasteiger partial charge in [0.1, 0.15) is 0 Å². The van der Waals surface area contributed by atoms with Gasteiger partial charge in [0.25, 0.3) is 0 Å². The number of aromatic hydroxyl groups is 3. The summed E-state index contributed by atoms with van der Waals surface area (Å²) in [5.41, 5.74) is 14.9. The van der Waals surface area contributed by atoms with Crippen molar-refractivity contribution in [2.75, 3.05) is 21.3 Å². The van der Waals surface area contributed by atoms with Crippen LogP contribution >= 0.6 is 0 Å². The number of hydrogen-bond donors (Lipinski definition) is 5. The van der Waals surface area contributed by atoms with Crippen molar-refractivity contribution < 1.29 is 29.5 Å². The molecule has 5 N–H and O–H groups in total. The standard InChI is InChI=1S/C58H43N5O6/c1-67-51-29-33(10-24-48(51)64)55-39-15-17-41(59-39)56(34-11-25-49(65)52(30-34)68-2)43-19-21-45(61-43)58(37-13-14-38-47(63-27-4-5-28-63)23-9-32-7-6-8-36(37)54(32)38)46-22-20-44(62-46)57(42-18-16-40(55)60-42)35-12-26-50(66)53(31-35)69-3/h4-31,37,59,62,64-66H,1-3H3. The highest BCUT2D eigenvalue weighted by molar-refractivity contribution is 6.01. The molecule has 69 heavy (non-hydrogen) atoms. The van der Waals surface area contributed by atoms with E-state index < -0.39 is 0 Å². The maximum absolute atomic E-state index is 10.8. The van der Waals surface area contributed by atoms with Gasteiger partial charge in [0, 0.05) is 68.2 Å². The molecule has 12 rings (SSSR count). The van der Waals surface area contributed by atoms with Gasteiger partial charge in [-0.25, -0.2) is 9.97 Å². The van der Waals surface area contributed by atoms with Gasteiger partial charge in [-0.05, 0) is 136 Å². The van der Waals surface area contributed by atoms with E-state index in [-0.39, 0.29) is 23.2 Å². The van der Waals surface area contributed by atoms with Crippen molar-refractivity contribution in [3.8, 4) is 73.6 Å². The predicted molar refractivity (Wildman–Crippen MR) is 274 cm³/mol. The Kier molecular flexibility index (Phi) is 9.73. The van der Waals surface area contributed by atoms with Gasteiger partial charge in [0.2, 0.25) is 0 Å². The number of rotatable bonds is 8. The minimum Gasteiger partial charge on any atom is -0.504 e. The number of methoxy groups -OCH3 is 3. The van der Waals surface area contributed by atoms with Gasteiger partial charge in [-0.1, -0.05) is 54.6 Å². The zero-order chi connectivity index (χ0) is 46.9. The zero-order valence-corrected chi connectivity index (χ0v) is 37.7. The maximum atomic E-state index is 10.8. The van der Waals surface area contributed by atoms with Gasteiger partial charge in [0.15, 0.2) is 34.5 Å². The van der Waals surface area contributed by atoms with E-state index in [2.05, 4.69) is 87.6 Å². The number of phenolic OH excluding ortho intramolecular Hbond substituents is 3. The molecule has 1 aliphatic carbocycles. The van der Waals surface area contributed by atoms with Crippen LogP contribution in [0.1, 0.15) is 45.4 Å². The summed E-state index contributed by atoms with van der Waals surface area (Å²) in [6, 6.07) is 39.0. The summed E-state index contributed by atoms with van der Waals surface area (Å²) in [5, 5.41) is 34.6. The third kappa shape index (κ3) is 6.81. The molecule has 0 radical (unpaired) electrons. The number of fused-ring (bicyclic) bond motifs is 8. The molecule has 1 unspecified atom stereocenters. The summed E-state index contributed by atoms with van der Waals surface area (Å²) in [6.07, 6.45) is 16.7. The first kappa shape index (κ1) is 41.2. The van der Waals surface area contributed by atoms with E-state index in [0.29, 0.717) is 34.3 Å². The van der Waals surface area contributed by atoms with E-state index in [4.69, 9.17) is 24.2 Å². The van der Waals surface area contributed by atoms with Crippen LogP contribution in [0.15, 0.2) is 140 Å². The molecule has 0 spiro atoms. The molecule has 336 valence electrons. The molecule has 6 heterocycles. The number of aromatic amines is 2. The molecule has 0 amide bonds. The number of hydrogen-bond acceptors (Lipinski definition) is 8. The largest absolute Gasteiger partial charge is 0.504 e. The van der Waals surface area contributed by atoms with E-state index in [0.717, 1.165) is 88.9 Å². The molecule has 2 aliphatic heterocycles. The Morgan fingerprint density at radius 1 is 0.493 bits per heavy atom. The van der Waals surface area contributed by atoms with E-state index in [9.17, 15) is 15.3 Å². The monoisotopic (exact) mass is 905 g/mol. The zero-order valence-electron chi connectivity index (χ0n) is 37.7. The van der Waals surface area contributed by atoms with E-state index in [1.807, 2.05) is 72.8 Å². The van der Waals surface area contributed by atoms with Crippen molar-refractivity contribution in [3.63, 3.8) is 0 Å². The lowest BCUT2D eigenvalue weighted by atomic mass is 9.81. The molecule has 3 aliphatic rings. The van der Waals surface area contributed by atoms with Crippen molar-refractivity contribution in [3.05, 3.63) is 179 Å². The Labute approximate surface area is 395 Å². The van der Waals surface area contributed by atoms with Gasteiger partial charge in [-0.2, -0.15) is 0 Å². The fourth-order valence-corrected chi connectivity index (χ4v) is 10.1. The Morgan fingerprint density at radius 2 is 0.971 bits per heavy atom. The second kappa shape index (κ2) is 16.3. The van der Waals surface area contributed by atoms with Crippen LogP contribution in [-0.4, -0.2) is 61.2 Å². The van der Waals surface area contributed by atoms with Crippen molar-refractivity contribution in [1.82, 2.24) is 24.5 Å². The first-order valence-corrected chi connectivity index (χ1v) is 22.4. The molecule has 0 saturated heterocycles. The van der Waals surface area contributed by atoms with Gasteiger partial charge in [-0.15, -0.1) is 0 Å². The number of nitrogens with one attached hydrogen (secondary N) is 2. The Morgan fingerprint density at radius 3 is 1.49 bits per heavy atom. The number of allylic oxidation sites excluding steroid dienone is 1. The van der Waals surface area contributed by atoms with Crippen LogP contribution in [0.2, 0.25) is 0 Å². The molecular weight excluding hydrogens is 863 g/mol. The first-order chi connectivity index (χ1) is 33.8. The van der Waals surface area contributed by atoms with Crippen LogP contribution < -0.4 is 14.2 Å². The molecule has 0 saturated carbocycles. The van der Waals surface area contributed by atoms with E-state index >= 15 is 0 Å². The summed E-state index contributed by atoms with van der Waals surface area (Å²) in [4.78, 5) is 18.5. The summed E-state index contributed by atoms with van der Waals surface area (Å²) >= 11 is 0. The molecule has 4 aromatic heterocycles. The van der Waals surface area contributed by atoms with Crippen LogP contribution in [0.4, 0.5) is 0 Å². The van der Waals surface area contributed by atoms with Crippen LogP contribution in [-0.2, 0) is 0 Å². The number of benzene rings is 5. The number of phenols is 3. The van der Waals surface area contributed by atoms with Gasteiger partial charge >= 0.3 is 0 Å². The summed E-state index contributed by atoms with van der Waals surface area (Å²) in [7, 11) is 4.59.